The molecule has 0 amide bonds. The van der Waals surface area contributed by atoms with Gasteiger partial charge in [-0.1, -0.05) is 24.6 Å². The van der Waals surface area contributed by atoms with Crippen LogP contribution in [0.1, 0.15) is 29.2 Å². The molecule has 0 aromatic heterocycles. The van der Waals surface area contributed by atoms with Gasteiger partial charge in [0.25, 0.3) is 0 Å². The molecular formula is C12H17N. The normalized spacial score (nSPS) is 15.5. The first-order valence-electron chi connectivity index (χ1n) is 5.13. The average Bonchev–Trinajstić information content (AvgIpc) is 2.16. The standard InChI is InChI=1S/C12H17N/c1-3-10-6-9(2)7-11-8-13-5-4-12(10)11/h6-7,13H,3-5,8H2,1-2H3. The maximum atomic E-state index is 3.42. The van der Waals surface area contributed by atoms with Crippen LogP contribution in [0.15, 0.2) is 12.1 Å². The highest BCUT2D eigenvalue weighted by atomic mass is 14.9. The quantitative estimate of drug-likeness (QED) is 0.690. The summed E-state index contributed by atoms with van der Waals surface area (Å²) >= 11 is 0. The van der Waals surface area contributed by atoms with Crippen molar-refractivity contribution < 1.29 is 0 Å². The SMILES string of the molecule is CCc1cc(C)cc2c1CCNC2. The Bertz CT molecular complexity index is 298. The first-order chi connectivity index (χ1) is 6.31. The zero-order valence-electron chi connectivity index (χ0n) is 8.48. The second-order valence-electron chi connectivity index (χ2n) is 3.84. The molecule has 0 bridgehead atoms. The topological polar surface area (TPSA) is 12.0 Å². The van der Waals surface area contributed by atoms with E-state index >= 15 is 0 Å². The summed E-state index contributed by atoms with van der Waals surface area (Å²) in [7, 11) is 0. The number of nitrogens with one attached hydrogen (secondary N) is 1. The Labute approximate surface area is 80.2 Å². The summed E-state index contributed by atoms with van der Waals surface area (Å²) in [5.74, 6) is 0. The summed E-state index contributed by atoms with van der Waals surface area (Å²) in [6, 6.07) is 4.66. The summed E-state index contributed by atoms with van der Waals surface area (Å²) < 4.78 is 0. The van der Waals surface area contributed by atoms with Crippen molar-refractivity contribution in [3.63, 3.8) is 0 Å². The minimum Gasteiger partial charge on any atom is -0.312 e. The van der Waals surface area contributed by atoms with Gasteiger partial charge in [0.15, 0.2) is 0 Å². The van der Waals surface area contributed by atoms with Crippen LogP contribution in [0.5, 0.6) is 0 Å². The van der Waals surface area contributed by atoms with Crippen LogP contribution in [-0.4, -0.2) is 6.54 Å². The zero-order valence-corrected chi connectivity index (χ0v) is 8.48. The molecule has 1 aromatic carbocycles. The molecule has 0 spiro atoms. The van der Waals surface area contributed by atoms with Crippen molar-refractivity contribution in [1.82, 2.24) is 5.32 Å². The van der Waals surface area contributed by atoms with Crippen molar-refractivity contribution in [3.05, 3.63) is 34.4 Å². The monoisotopic (exact) mass is 175 g/mol. The van der Waals surface area contributed by atoms with E-state index in [4.69, 9.17) is 0 Å². The van der Waals surface area contributed by atoms with Crippen LogP contribution in [0.3, 0.4) is 0 Å². The number of rotatable bonds is 1. The Morgan fingerprint density at radius 1 is 1.38 bits per heavy atom. The van der Waals surface area contributed by atoms with E-state index in [1.165, 1.54) is 24.0 Å². The maximum Gasteiger partial charge on any atom is 0.0208 e. The third-order valence-corrected chi connectivity index (χ3v) is 2.83. The molecule has 70 valence electrons. The van der Waals surface area contributed by atoms with Crippen molar-refractivity contribution in [3.8, 4) is 0 Å². The highest BCUT2D eigenvalue weighted by Crippen LogP contribution is 2.21. The first kappa shape index (κ1) is 8.76. The smallest absolute Gasteiger partial charge is 0.0208 e. The molecule has 1 N–H and O–H groups in total. The first-order valence-corrected chi connectivity index (χ1v) is 5.13. The fourth-order valence-corrected chi connectivity index (χ4v) is 2.20. The van der Waals surface area contributed by atoms with E-state index in [1.54, 1.807) is 11.1 Å². The van der Waals surface area contributed by atoms with Gasteiger partial charge in [0.1, 0.15) is 0 Å². The summed E-state index contributed by atoms with van der Waals surface area (Å²) in [6.45, 7) is 6.64. The lowest BCUT2D eigenvalue weighted by Gasteiger charge is -2.20. The zero-order chi connectivity index (χ0) is 9.26. The van der Waals surface area contributed by atoms with E-state index in [0.29, 0.717) is 0 Å². The highest BCUT2D eigenvalue weighted by molar-refractivity contribution is 5.40. The van der Waals surface area contributed by atoms with Crippen LogP contribution in [0.4, 0.5) is 0 Å². The van der Waals surface area contributed by atoms with Crippen molar-refractivity contribution in [1.29, 1.82) is 0 Å². The molecule has 0 aliphatic carbocycles. The molecule has 1 aliphatic rings. The van der Waals surface area contributed by atoms with E-state index < -0.39 is 0 Å². The van der Waals surface area contributed by atoms with E-state index in [1.807, 2.05) is 0 Å². The second kappa shape index (κ2) is 3.51. The second-order valence-corrected chi connectivity index (χ2v) is 3.84. The molecule has 1 heterocycles. The minimum atomic E-state index is 1.06. The fraction of sp³-hybridized carbons (Fsp3) is 0.500. The average molecular weight is 175 g/mol. The number of hydrogen-bond donors (Lipinski definition) is 1. The molecule has 0 atom stereocenters. The molecule has 1 aromatic rings. The Morgan fingerprint density at radius 2 is 2.23 bits per heavy atom. The number of aryl methyl sites for hydroxylation is 2. The van der Waals surface area contributed by atoms with Gasteiger partial charge >= 0.3 is 0 Å². The highest BCUT2D eigenvalue weighted by Gasteiger charge is 2.11. The van der Waals surface area contributed by atoms with Gasteiger partial charge in [-0.25, -0.2) is 0 Å². The third-order valence-electron chi connectivity index (χ3n) is 2.83. The number of fused-ring (bicyclic) bond motifs is 1. The van der Waals surface area contributed by atoms with Crippen LogP contribution in [0, 0.1) is 6.92 Å². The van der Waals surface area contributed by atoms with Crippen molar-refractivity contribution >= 4 is 0 Å². The lowest BCUT2D eigenvalue weighted by atomic mass is 9.92. The number of hydrogen-bond acceptors (Lipinski definition) is 1. The Balaban J connectivity index is 2.50. The van der Waals surface area contributed by atoms with Crippen molar-refractivity contribution in [2.75, 3.05) is 6.54 Å². The van der Waals surface area contributed by atoms with Gasteiger partial charge in [-0.05, 0) is 43.0 Å². The summed E-state index contributed by atoms with van der Waals surface area (Å²) in [5, 5.41) is 3.42. The molecule has 0 saturated heterocycles. The van der Waals surface area contributed by atoms with E-state index in [2.05, 4.69) is 31.3 Å². The molecule has 0 unspecified atom stereocenters. The fourth-order valence-electron chi connectivity index (χ4n) is 2.20. The molecule has 0 saturated carbocycles. The molecule has 0 fully saturated rings. The molecule has 13 heavy (non-hydrogen) atoms. The Hall–Kier alpha value is -0.820. The van der Waals surface area contributed by atoms with Gasteiger partial charge in [-0.2, -0.15) is 0 Å². The minimum absolute atomic E-state index is 1.06. The molecule has 1 heteroatoms. The summed E-state index contributed by atoms with van der Waals surface area (Å²) in [6.07, 6.45) is 2.38. The lowest BCUT2D eigenvalue weighted by Crippen LogP contribution is -2.24. The maximum absolute atomic E-state index is 3.42. The van der Waals surface area contributed by atoms with Gasteiger partial charge in [0.2, 0.25) is 0 Å². The molecule has 2 rings (SSSR count). The largest absolute Gasteiger partial charge is 0.312 e. The third kappa shape index (κ3) is 1.61. The van der Waals surface area contributed by atoms with Crippen LogP contribution in [0.2, 0.25) is 0 Å². The Kier molecular flexibility index (Phi) is 2.36. The Morgan fingerprint density at radius 3 is 3.00 bits per heavy atom. The van der Waals surface area contributed by atoms with Crippen LogP contribution < -0.4 is 5.32 Å². The van der Waals surface area contributed by atoms with Crippen molar-refractivity contribution in [2.45, 2.75) is 33.2 Å². The summed E-state index contributed by atoms with van der Waals surface area (Å²) in [5.41, 5.74) is 6.07. The predicted octanol–water partition coefficient (Wildman–Crippen LogP) is 2.20. The van der Waals surface area contributed by atoms with Crippen LogP contribution in [0.25, 0.3) is 0 Å². The lowest BCUT2D eigenvalue weighted by molar-refractivity contribution is 0.638. The van der Waals surface area contributed by atoms with Gasteiger partial charge < -0.3 is 5.32 Å². The molecule has 1 nitrogen and oxygen atoms in total. The molecular weight excluding hydrogens is 158 g/mol. The van der Waals surface area contributed by atoms with Gasteiger partial charge in [-0.3, -0.25) is 0 Å². The van der Waals surface area contributed by atoms with Crippen LogP contribution in [-0.2, 0) is 19.4 Å². The van der Waals surface area contributed by atoms with E-state index in [9.17, 15) is 0 Å². The molecule has 0 radical (unpaired) electrons. The van der Waals surface area contributed by atoms with Crippen LogP contribution >= 0.6 is 0 Å². The van der Waals surface area contributed by atoms with E-state index in [0.717, 1.165) is 13.1 Å². The summed E-state index contributed by atoms with van der Waals surface area (Å²) in [4.78, 5) is 0. The van der Waals surface area contributed by atoms with Gasteiger partial charge in [0.05, 0.1) is 0 Å². The van der Waals surface area contributed by atoms with Crippen molar-refractivity contribution in [2.24, 2.45) is 0 Å². The molecule has 1 aliphatic heterocycles. The van der Waals surface area contributed by atoms with E-state index in [-0.39, 0.29) is 0 Å². The van der Waals surface area contributed by atoms with Gasteiger partial charge in [-0.15, -0.1) is 0 Å². The predicted molar refractivity (Wildman–Crippen MR) is 56.0 cm³/mol. The van der Waals surface area contributed by atoms with Gasteiger partial charge in [0, 0.05) is 6.54 Å². The number of benzene rings is 1.